The van der Waals surface area contributed by atoms with Crippen molar-refractivity contribution in [3.8, 4) is 0 Å². The molecule has 11 atom stereocenters. The molecule has 8 rings (SSSR count). The summed E-state index contributed by atoms with van der Waals surface area (Å²) in [5, 5.41) is 11.4. The van der Waals surface area contributed by atoms with Crippen LogP contribution in [0.1, 0.15) is 272 Å². The normalized spacial score (nSPS) is 22.7. The van der Waals surface area contributed by atoms with Crippen LogP contribution >= 0.6 is 0 Å². The van der Waals surface area contributed by atoms with Crippen molar-refractivity contribution in [2.45, 2.75) is 290 Å². The molecule has 0 aromatic heterocycles. The molecule has 2 aromatic carbocycles. The zero-order valence-corrected chi connectivity index (χ0v) is 68.1. The van der Waals surface area contributed by atoms with Crippen molar-refractivity contribution in [2.75, 3.05) is 13.1 Å². The van der Waals surface area contributed by atoms with Crippen molar-refractivity contribution in [2.24, 2.45) is 91.7 Å². The molecule has 16 nitrogen and oxygen atoms in total. The van der Waals surface area contributed by atoms with E-state index in [2.05, 4.69) is 34.6 Å². The van der Waals surface area contributed by atoms with Crippen molar-refractivity contribution in [3.63, 3.8) is 0 Å². The Kier molecular flexibility index (Phi) is 30.0. The monoisotopic (exact) mass is 1460 g/mol. The molecular formula is C86H129N2O14V-. The third-order valence-electron chi connectivity index (χ3n) is 23.5. The number of carbonyl (C=O) groups is 11. The number of carbonyl (C=O) groups excluding carboxylic acids is 11. The SMILES string of the molecule is CC(C)(C)CC(=O)C[C@H](C(=O)N1CC2C([C@H]1C(=O)CC(CC1CCC1)C(=O)C(=O)CCC(=O)OC(C)(C)c1ccccc1)C2(C)C)C(C)(C)C.CC(C)(C)CC(=O)C[C@H](C(=O)N1CC2C([C@H]1C(=O)CC(CC1CCC1)C(O)C(=O)CCC(=O)OC(C)(C)c1ccccc1)C2(C)C)C(C)(C)C.[CH2-]C.[V]. The maximum Gasteiger partial charge on any atom is 0.307 e. The Balaban J connectivity index is 0.000000358. The van der Waals surface area contributed by atoms with Crippen molar-refractivity contribution in [1.82, 2.24) is 9.80 Å². The van der Waals surface area contributed by atoms with Crippen molar-refractivity contribution >= 4 is 64.2 Å². The van der Waals surface area contributed by atoms with E-state index in [1.54, 1.807) is 44.4 Å². The van der Waals surface area contributed by atoms with Crippen LogP contribution in [-0.4, -0.2) is 110 Å². The van der Waals surface area contributed by atoms with Crippen LogP contribution in [0, 0.1) is 98.6 Å². The molecule has 7 unspecified atom stereocenters. The molecule has 2 aromatic rings. The van der Waals surface area contributed by atoms with Crippen LogP contribution in [0.3, 0.4) is 0 Å². The van der Waals surface area contributed by atoms with Crippen molar-refractivity contribution in [1.29, 1.82) is 0 Å². The first-order valence-corrected chi connectivity index (χ1v) is 38.3. The number of hydrogen-bond acceptors (Lipinski definition) is 14. The van der Waals surface area contributed by atoms with Crippen LogP contribution < -0.4 is 0 Å². The fourth-order valence-electron chi connectivity index (χ4n) is 16.8. The van der Waals surface area contributed by atoms with Crippen LogP contribution in [0.5, 0.6) is 0 Å². The van der Waals surface area contributed by atoms with Crippen LogP contribution in [0.15, 0.2) is 60.7 Å². The number of aliphatic hydroxyl groups excluding tert-OH is 1. The Morgan fingerprint density at radius 2 is 0.864 bits per heavy atom. The molecule has 2 amide bonds. The van der Waals surface area contributed by atoms with Gasteiger partial charge < -0.3 is 31.3 Å². The summed E-state index contributed by atoms with van der Waals surface area (Å²) in [6, 6.07) is 17.4. The molecule has 6 aliphatic rings. The van der Waals surface area contributed by atoms with E-state index in [4.69, 9.17) is 9.47 Å². The van der Waals surface area contributed by atoms with Gasteiger partial charge in [0.2, 0.25) is 17.6 Å². The topological polar surface area (TPSA) is 233 Å². The van der Waals surface area contributed by atoms with Gasteiger partial charge in [-0.05, 0) is 126 Å². The van der Waals surface area contributed by atoms with Crippen molar-refractivity contribution < 1.29 is 85.9 Å². The Labute approximate surface area is 630 Å². The molecule has 103 heavy (non-hydrogen) atoms. The summed E-state index contributed by atoms with van der Waals surface area (Å²) >= 11 is 0. The first kappa shape index (κ1) is 88.2. The third kappa shape index (κ3) is 23.3. The predicted octanol–water partition coefficient (Wildman–Crippen LogP) is 16.0. The number of ketones is 7. The Bertz CT molecular complexity index is 3310. The molecule has 2 saturated heterocycles. The van der Waals surface area contributed by atoms with E-state index in [1.165, 1.54) is 0 Å². The van der Waals surface area contributed by atoms with E-state index in [1.807, 2.05) is 144 Å². The first-order chi connectivity index (χ1) is 47.0. The molecule has 1 radical (unpaired) electrons. The van der Waals surface area contributed by atoms with Crippen LogP contribution in [0.25, 0.3) is 0 Å². The van der Waals surface area contributed by atoms with Crippen LogP contribution in [-0.2, 0) is 92.0 Å². The smallest absolute Gasteiger partial charge is 0.307 e. The van der Waals surface area contributed by atoms with Crippen LogP contribution in [0.2, 0.25) is 0 Å². The summed E-state index contributed by atoms with van der Waals surface area (Å²) in [4.78, 5) is 153. The van der Waals surface area contributed by atoms with Gasteiger partial charge in [0.25, 0.3) is 0 Å². The summed E-state index contributed by atoms with van der Waals surface area (Å²) in [6.45, 7) is 45.5. The first-order valence-electron chi connectivity index (χ1n) is 38.3. The number of ether oxygens (including phenoxy) is 2. The molecule has 4 aliphatic carbocycles. The van der Waals surface area contributed by atoms with Gasteiger partial charge in [0.05, 0.1) is 24.9 Å². The fraction of sp³-hybridized carbons (Fsp3) is 0.721. The molecule has 2 heterocycles. The number of fused-ring (bicyclic) bond motifs is 2. The average molecular weight is 1470 g/mol. The number of likely N-dealkylation sites (tertiary alicyclic amines) is 2. The number of aliphatic hydroxyl groups is 1. The second kappa shape index (κ2) is 35.1. The summed E-state index contributed by atoms with van der Waals surface area (Å²) in [5.74, 6) is -4.94. The van der Waals surface area contributed by atoms with E-state index in [9.17, 15) is 57.8 Å². The molecule has 0 spiro atoms. The Hall–Kier alpha value is -5.45. The zero-order valence-electron chi connectivity index (χ0n) is 66.7. The molecule has 573 valence electrons. The largest absolute Gasteiger partial charge is 0.455 e. The van der Waals surface area contributed by atoms with E-state index in [0.717, 1.165) is 49.7 Å². The quantitative estimate of drug-likeness (QED) is 0.0408. The number of piperidine rings is 2. The summed E-state index contributed by atoms with van der Waals surface area (Å²) < 4.78 is 11.4. The van der Waals surface area contributed by atoms with Crippen molar-refractivity contribution in [3.05, 3.63) is 78.7 Å². The number of nitrogens with zero attached hydrogens (tertiary/aromatic N) is 2. The van der Waals surface area contributed by atoms with E-state index in [0.29, 0.717) is 44.7 Å². The number of Topliss-reactive ketones (excluding diaryl/α,β-unsaturated/α-hetero) is 7. The fourth-order valence-corrected chi connectivity index (χ4v) is 16.8. The second-order valence-corrected chi connectivity index (χ2v) is 37.8. The Morgan fingerprint density at radius 3 is 1.21 bits per heavy atom. The average Bonchev–Trinajstić information content (AvgIpc) is 1.53. The molecule has 2 aliphatic heterocycles. The number of benzene rings is 2. The van der Waals surface area contributed by atoms with Gasteiger partial charge in [0.1, 0.15) is 28.9 Å². The van der Waals surface area contributed by atoms with E-state index < -0.39 is 93.2 Å². The number of amides is 2. The summed E-state index contributed by atoms with van der Waals surface area (Å²) in [6.07, 6.45) is 5.70. The van der Waals surface area contributed by atoms with Gasteiger partial charge in [-0.1, -0.05) is 210 Å². The molecule has 0 bridgehead atoms. The van der Waals surface area contributed by atoms with E-state index >= 15 is 0 Å². The number of esters is 2. The molecule has 4 saturated carbocycles. The minimum absolute atomic E-state index is 0. The van der Waals surface area contributed by atoms with Gasteiger partial charge in [-0.15, -0.1) is 0 Å². The zero-order chi connectivity index (χ0) is 76.8. The van der Waals surface area contributed by atoms with Gasteiger partial charge in [0, 0.05) is 101 Å². The maximum absolute atomic E-state index is 14.4. The van der Waals surface area contributed by atoms with Gasteiger partial charge in [-0.25, -0.2) is 0 Å². The molecular weight excluding hydrogens is 1340 g/mol. The van der Waals surface area contributed by atoms with Gasteiger partial charge in [-0.3, -0.25) is 52.7 Å². The predicted molar refractivity (Wildman–Crippen MR) is 398 cm³/mol. The van der Waals surface area contributed by atoms with Gasteiger partial charge >= 0.3 is 11.9 Å². The summed E-state index contributed by atoms with van der Waals surface area (Å²) in [7, 11) is 0. The molecule has 17 heteroatoms. The van der Waals surface area contributed by atoms with Gasteiger partial charge in [-0.2, -0.15) is 6.92 Å². The molecule has 6 fully saturated rings. The minimum atomic E-state index is -1.39. The summed E-state index contributed by atoms with van der Waals surface area (Å²) in [5.41, 5.74) is -1.67. The van der Waals surface area contributed by atoms with Gasteiger partial charge in [0.15, 0.2) is 23.1 Å². The van der Waals surface area contributed by atoms with Crippen LogP contribution in [0.4, 0.5) is 0 Å². The van der Waals surface area contributed by atoms with E-state index in [-0.39, 0.29) is 156 Å². The minimum Gasteiger partial charge on any atom is -0.455 e. The number of hydrogen-bond donors (Lipinski definition) is 1. The molecule has 1 N–H and O–H groups in total. The standard InChI is InChI=1S/C42H63NO7.C42H61NO7.C2H5.V/c2*1-39(2,3)24-29(44)23-30(40(4,5)6)38(49)43-25-31-35(41(31,7)8)36(43)33(46)22-27(21-26-15-14-16-26)37(48)32(45)19-20-34(47)50-42(9,10)28-17-12-11-13-18-28;1-2;/h11-13,17-18,26-27,30-31,35-37,48H,14-16,19-25H2,1-10H3;11-13,17-18,26-27,30-31,35-36H,14-16,19-25H2,1-10H3;1H2,2H3;/q;;-1;/t27?,30-,31?,35?,36-,37?;27?,30-,31?,35?,36-;;/m11../s1. The Morgan fingerprint density at radius 1 is 0.505 bits per heavy atom. The maximum atomic E-state index is 14.4. The second-order valence-electron chi connectivity index (χ2n) is 37.8. The third-order valence-corrected chi connectivity index (χ3v) is 23.5. The number of rotatable bonds is 32.